The van der Waals surface area contributed by atoms with Crippen molar-refractivity contribution in [2.75, 3.05) is 52.5 Å². The lowest BCUT2D eigenvalue weighted by atomic mass is 10.1. The molecule has 0 spiro atoms. The average Bonchev–Trinajstić information content (AvgIpc) is 2.97. The highest BCUT2D eigenvalue weighted by Crippen LogP contribution is 2.22. The van der Waals surface area contributed by atoms with Crippen LogP contribution in [-0.2, 0) is 4.74 Å². The van der Waals surface area contributed by atoms with Gasteiger partial charge in [-0.25, -0.2) is 0 Å². The molecular formula is C20H30IN5O3. The zero-order valence-electron chi connectivity index (χ0n) is 16.6. The topological polar surface area (TPSA) is 100 Å². The van der Waals surface area contributed by atoms with Crippen molar-refractivity contribution in [3.63, 3.8) is 0 Å². The van der Waals surface area contributed by atoms with Gasteiger partial charge in [0.25, 0.3) is 11.8 Å². The van der Waals surface area contributed by atoms with Crippen molar-refractivity contribution in [1.29, 1.82) is 0 Å². The van der Waals surface area contributed by atoms with Gasteiger partial charge in [-0.15, -0.1) is 24.0 Å². The third-order valence-electron chi connectivity index (χ3n) is 5.01. The number of aliphatic imine (C=N–C) groups is 1. The van der Waals surface area contributed by atoms with Gasteiger partial charge in [-0.2, -0.15) is 0 Å². The Balaban J connectivity index is 0.00000300. The normalized spacial score (nSPS) is 17.2. The summed E-state index contributed by atoms with van der Waals surface area (Å²) >= 11 is 0. The quantitative estimate of drug-likeness (QED) is 0.169. The standard InChI is InChI=1S/C20H29N5O3.HI/c21-20(23-9-5-10-24-12-14-28-15-13-24)22-8-3-4-11-25-18(26)16-6-1-2-7-17(16)19(25)27;/h1-2,6-7H,3-5,8-15H2,(H3,21,22,23);1H. The Morgan fingerprint density at radius 3 is 2.34 bits per heavy atom. The van der Waals surface area contributed by atoms with Gasteiger partial charge in [0, 0.05) is 39.3 Å². The van der Waals surface area contributed by atoms with Crippen LogP contribution in [0.4, 0.5) is 0 Å². The summed E-state index contributed by atoms with van der Waals surface area (Å²) < 4.78 is 5.33. The molecule has 0 unspecified atom stereocenters. The molecular weight excluding hydrogens is 485 g/mol. The van der Waals surface area contributed by atoms with E-state index in [1.165, 1.54) is 4.90 Å². The van der Waals surface area contributed by atoms with Crippen molar-refractivity contribution in [2.45, 2.75) is 19.3 Å². The second-order valence-electron chi connectivity index (χ2n) is 7.02. The molecule has 2 heterocycles. The van der Waals surface area contributed by atoms with Crippen LogP contribution in [0, 0.1) is 0 Å². The number of fused-ring (bicyclic) bond motifs is 1. The third kappa shape index (κ3) is 6.65. The number of guanidine groups is 1. The molecule has 0 radical (unpaired) electrons. The van der Waals surface area contributed by atoms with Gasteiger partial charge in [0.2, 0.25) is 0 Å². The molecule has 8 nitrogen and oxygen atoms in total. The molecule has 1 aromatic rings. The first-order valence-electron chi connectivity index (χ1n) is 9.96. The maximum Gasteiger partial charge on any atom is 0.261 e. The number of carbonyl (C=O) groups excluding carboxylic acids is 2. The van der Waals surface area contributed by atoms with Gasteiger partial charge in [-0.05, 0) is 31.4 Å². The van der Waals surface area contributed by atoms with E-state index < -0.39 is 0 Å². The zero-order chi connectivity index (χ0) is 19.8. The molecule has 2 aliphatic heterocycles. The van der Waals surface area contributed by atoms with Gasteiger partial charge in [0.05, 0.1) is 24.3 Å². The minimum Gasteiger partial charge on any atom is -0.379 e. The Hall–Kier alpha value is -1.72. The van der Waals surface area contributed by atoms with Crippen molar-refractivity contribution in [1.82, 2.24) is 15.1 Å². The largest absolute Gasteiger partial charge is 0.379 e. The summed E-state index contributed by atoms with van der Waals surface area (Å²) in [6, 6.07) is 6.96. The zero-order valence-corrected chi connectivity index (χ0v) is 19.0. The second kappa shape index (κ2) is 12.1. The number of unbranched alkanes of at least 4 members (excludes halogenated alkanes) is 1. The van der Waals surface area contributed by atoms with Crippen LogP contribution in [0.15, 0.2) is 29.3 Å². The first-order valence-corrected chi connectivity index (χ1v) is 9.96. The van der Waals surface area contributed by atoms with Crippen LogP contribution in [0.2, 0.25) is 0 Å². The maximum absolute atomic E-state index is 12.3. The number of nitrogens with zero attached hydrogens (tertiary/aromatic N) is 3. The minimum atomic E-state index is -0.199. The number of hydrogen-bond acceptors (Lipinski definition) is 5. The fourth-order valence-corrected chi connectivity index (χ4v) is 3.43. The number of imide groups is 1. The van der Waals surface area contributed by atoms with Crippen molar-refractivity contribution >= 4 is 41.8 Å². The fourth-order valence-electron chi connectivity index (χ4n) is 3.43. The first kappa shape index (κ1) is 23.6. The third-order valence-corrected chi connectivity index (χ3v) is 5.01. The molecule has 0 atom stereocenters. The Labute approximate surface area is 188 Å². The minimum absolute atomic E-state index is 0. The van der Waals surface area contributed by atoms with E-state index in [1.54, 1.807) is 24.3 Å². The average molecular weight is 515 g/mol. The van der Waals surface area contributed by atoms with E-state index in [4.69, 9.17) is 10.5 Å². The Morgan fingerprint density at radius 1 is 1.03 bits per heavy atom. The molecule has 0 aliphatic carbocycles. The van der Waals surface area contributed by atoms with E-state index in [9.17, 15) is 9.59 Å². The first-order chi connectivity index (χ1) is 13.7. The number of nitrogens with one attached hydrogen (secondary N) is 1. The van der Waals surface area contributed by atoms with Gasteiger partial charge >= 0.3 is 0 Å². The van der Waals surface area contributed by atoms with Crippen molar-refractivity contribution in [3.8, 4) is 0 Å². The lowest BCUT2D eigenvalue weighted by Crippen LogP contribution is -2.37. The van der Waals surface area contributed by atoms with Crippen molar-refractivity contribution in [3.05, 3.63) is 35.4 Å². The smallest absolute Gasteiger partial charge is 0.261 e. The molecule has 0 saturated carbocycles. The number of rotatable bonds is 9. The molecule has 1 aromatic carbocycles. The monoisotopic (exact) mass is 515 g/mol. The Bertz CT molecular complexity index is 687. The molecule has 3 rings (SSSR count). The number of nitrogens with two attached hydrogens (primary N) is 1. The summed E-state index contributed by atoms with van der Waals surface area (Å²) in [6.45, 7) is 6.41. The van der Waals surface area contributed by atoms with Gasteiger partial charge in [-0.3, -0.25) is 24.4 Å². The summed E-state index contributed by atoms with van der Waals surface area (Å²) in [5.74, 6) is 0.0486. The molecule has 0 aromatic heterocycles. The molecule has 160 valence electrons. The molecule has 29 heavy (non-hydrogen) atoms. The van der Waals surface area contributed by atoms with E-state index in [2.05, 4.69) is 15.2 Å². The highest BCUT2D eigenvalue weighted by Gasteiger charge is 2.34. The van der Waals surface area contributed by atoms with E-state index in [1.807, 2.05) is 0 Å². The van der Waals surface area contributed by atoms with Crippen LogP contribution in [0.3, 0.4) is 0 Å². The molecule has 1 fully saturated rings. The predicted molar refractivity (Wildman–Crippen MR) is 123 cm³/mol. The van der Waals surface area contributed by atoms with Crippen LogP contribution in [0.5, 0.6) is 0 Å². The number of carbonyl (C=O) groups is 2. The highest BCUT2D eigenvalue weighted by atomic mass is 127. The molecule has 3 N–H and O–H groups in total. The van der Waals surface area contributed by atoms with Crippen LogP contribution in [0.1, 0.15) is 40.0 Å². The number of benzene rings is 1. The van der Waals surface area contributed by atoms with Crippen molar-refractivity contribution in [2.24, 2.45) is 10.7 Å². The Morgan fingerprint density at radius 2 is 1.69 bits per heavy atom. The van der Waals surface area contributed by atoms with Gasteiger partial charge in [0.15, 0.2) is 5.96 Å². The molecule has 2 amide bonds. The summed E-state index contributed by atoms with van der Waals surface area (Å²) in [7, 11) is 0. The summed E-state index contributed by atoms with van der Waals surface area (Å²) in [5.41, 5.74) is 6.88. The number of amides is 2. The summed E-state index contributed by atoms with van der Waals surface area (Å²) in [6.07, 6.45) is 2.50. The lowest BCUT2D eigenvalue weighted by Gasteiger charge is -2.26. The van der Waals surface area contributed by atoms with E-state index in [0.717, 1.165) is 52.1 Å². The van der Waals surface area contributed by atoms with Crippen molar-refractivity contribution < 1.29 is 14.3 Å². The van der Waals surface area contributed by atoms with E-state index >= 15 is 0 Å². The number of hydrogen-bond donors (Lipinski definition) is 2. The van der Waals surface area contributed by atoms with E-state index in [0.29, 0.717) is 36.7 Å². The molecule has 0 bridgehead atoms. The highest BCUT2D eigenvalue weighted by molar-refractivity contribution is 14.0. The van der Waals surface area contributed by atoms with Gasteiger partial charge in [0.1, 0.15) is 0 Å². The summed E-state index contributed by atoms with van der Waals surface area (Å²) in [5, 5.41) is 3.09. The summed E-state index contributed by atoms with van der Waals surface area (Å²) in [4.78, 5) is 32.6. The molecule has 9 heteroatoms. The van der Waals surface area contributed by atoms with Gasteiger partial charge in [-0.1, -0.05) is 12.1 Å². The van der Waals surface area contributed by atoms with Crippen LogP contribution in [-0.4, -0.2) is 80.1 Å². The van der Waals surface area contributed by atoms with E-state index in [-0.39, 0.29) is 35.8 Å². The number of morpholine rings is 1. The molecule has 1 saturated heterocycles. The van der Waals surface area contributed by atoms with Crippen LogP contribution < -0.4 is 11.1 Å². The number of ether oxygens (including phenoxy) is 1. The second-order valence-corrected chi connectivity index (χ2v) is 7.02. The SMILES string of the molecule is I.NC(=NCCCN1CCOCC1)NCCCCN1C(=O)c2ccccc2C1=O. The lowest BCUT2D eigenvalue weighted by molar-refractivity contribution is 0.0377. The maximum atomic E-state index is 12.3. The fraction of sp³-hybridized carbons (Fsp3) is 0.550. The molecule has 2 aliphatic rings. The van der Waals surface area contributed by atoms with Crippen LogP contribution >= 0.6 is 24.0 Å². The Kier molecular flexibility index (Phi) is 9.82. The predicted octanol–water partition coefficient (Wildman–Crippen LogP) is 1.31. The van der Waals surface area contributed by atoms with Gasteiger partial charge < -0.3 is 15.8 Å². The van der Waals surface area contributed by atoms with Crippen LogP contribution in [0.25, 0.3) is 0 Å². The number of halogens is 1.